The Morgan fingerprint density at radius 1 is 1.30 bits per heavy atom. The molecule has 20 heavy (non-hydrogen) atoms. The Labute approximate surface area is 123 Å². The summed E-state index contributed by atoms with van der Waals surface area (Å²) in [5.41, 5.74) is 0.940. The second-order valence-electron chi connectivity index (χ2n) is 7.60. The molecular formula is C16H28BNO2. The van der Waals surface area contributed by atoms with Gasteiger partial charge in [-0.1, -0.05) is 13.0 Å². The number of rotatable bonds is 3. The largest absolute Gasteiger partial charge is 0.490 e. The van der Waals surface area contributed by atoms with Gasteiger partial charge < -0.3 is 14.2 Å². The van der Waals surface area contributed by atoms with Gasteiger partial charge in [-0.3, -0.25) is 0 Å². The van der Waals surface area contributed by atoms with Gasteiger partial charge in [-0.25, -0.2) is 0 Å². The summed E-state index contributed by atoms with van der Waals surface area (Å²) in [7, 11) is 2.03. The van der Waals surface area contributed by atoms with E-state index in [1.165, 1.54) is 18.3 Å². The zero-order chi connectivity index (χ0) is 14.5. The lowest BCUT2D eigenvalue weighted by molar-refractivity contribution is -0.0554. The molecule has 3 nitrogen and oxygen atoms in total. The monoisotopic (exact) mass is 277 g/mol. The smallest absolute Gasteiger partial charge is 0.400 e. The molecule has 0 spiro atoms. The van der Waals surface area contributed by atoms with E-state index < -0.39 is 0 Å². The first-order chi connectivity index (χ1) is 9.33. The molecule has 3 aliphatic rings. The van der Waals surface area contributed by atoms with Crippen molar-refractivity contribution in [2.75, 3.05) is 20.1 Å². The molecule has 112 valence electrons. The molecule has 2 aliphatic heterocycles. The first-order valence-corrected chi connectivity index (χ1v) is 8.06. The average molecular weight is 277 g/mol. The van der Waals surface area contributed by atoms with Gasteiger partial charge in [-0.2, -0.15) is 0 Å². The summed E-state index contributed by atoms with van der Waals surface area (Å²) in [5.74, 6) is 1.39. The van der Waals surface area contributed by atoms with Gasteiger partial charge in [0.05, 0.1) is 11.2 Å². The van der Waals surface area contributed by atoms with Crippen LogP contribution in [0.15, 0.2) is 11.5 Å². The summed E-state index contributed by atoms with van der Waals surface area (Å²) in [4.78, 5) is 2.33. The lowest BCUT2D eigenvalue weighted by Crippen LogP contribution is -2.50. The maximum atomic E-state index is 6.49. The number of likely N-dealkylation sites (N-methyl/N-ethyl adjacent to an activating group) is 1. The summed E-state index contributed by atoms with van der Waals surface area (Å²) >= 11 is 0. The van der Waals surface area contributed by atoms with Crippen LogP contribution >= 0.6 is 0 Å². The summed E-state index contributed by atoms with van der Waals surface area (Å²) in [6, 6.07) is 0. The number of hydrogen-bond donors (Lipinski definition) is 0. The van der Waals surface area contributed by atoms with Crippen LogP contribution in [0.25, 0.3) is 0 Å². The second-order valence-corrected chi connectivity index (χ2v) is 7.60. The fraction of sp³-hybridized carbons (Fsp3) is 0.875. The molecule has 0 aromatic carbocycles. The predicted octanol–water partition coefficient (Wildman–Crippen LogP) is 2.91. The quantitative estimate of drug-likeness (QED) is 0.740. The zero-order valence-corrected chi connectivity index (χ0v) is 13.6. The SMILES string of the molecule is CC(C1CC1)C1(C)OB(C2=CCN(C)CC2)OC1(C)C. The first-order valence-electron chi connectivity index (χ1n) is 8.06. The van der Waals surface area contributed by atoms with Crippen molar-refractivity contribution >= 4 is 7.12 Å². The molecule has 0 bridgehead atoms. The third-order valence-electron chi connectivity index (χ3n) is 5.90. The molecule has 0 aromatic rings. The Morgan fingerprint density at radius 3 is 2.55 bits per heavy atom. The Kier molecular flexibility index (Phi) is 3.55. The summed E-state index contributed by atoms with van der Waals surface area (Å²) < 4.78 is 12.8. The Bertz CT molecular complexity index is 419. The molecule has 2 atom stereocenters. The highest BCUT2D eigenvalue weighted by Crippen LogP contribution is 2.51. The lowest BCUT2D eigenvalue weighted by Gasteiger charge is -2.41. The third kappa shape index (κ3) is 2.36. The zero-order valence-electron chi connectivity index (χ0n) is 13.6. The molecule has 0 aromatic heterocycles. The highest BCUT2D eigenvalue weighted by molar-refractivity contribution is 6.54. The van der Waals surface area contributed by atoms with E-state index in [9.17, 15) is 0 Å². The molecule has 2 unspecified atom stereocenters. The van der Waals surface area contributed by atoms with Crippen LogP contribution in [0, 0.1) is 11.8 Å². The van der Waals surface area contributed by atoms with Crippen molar-refractivity contribution in [3.8, 4) is 0 Å². The lowest BCUT2D eigenvalue weighted by atomic mass is 9.74. The minimum absolute atomic E-state index is 0.134. The molecule has 1 saturated carbocycles. The summed E-state index contributed by atoms with van der Waals surface area (Å²) in [6.45, 7) is 11.1. The van der Waals surface area contributed by atoms with Crippen molar-refractivity contribution in [2.24, 2.45) is 11.8 Å². The molecule has 3 rings (SSSR count). The number of hydrogen-bond acceptors (Lipinski definition) is 3. The molecular weight excluding hydrogens is 249 g/mol. The van der Waals surface area contributed by atoms with E-state index >= 15 is 0 Å². The summed E-state index contributed by atoms with van der Waals surface area (Å²) in [6.07, 6.45) is 6.06. The predicted molar refractivity (Wildman–Crippen MR) is 82.5 cm³/mol. The van der Waals surface area contributed by atoms with Crippen LogP contribution in [-0.4, -0.2) is 43.4 Å². The Morgan fingerprint density at radius 2 is 2.00 bits per heavy atom. The standard InChI is InChI=1S/C16H28BNO2/c1-12(13-6-7-13)16(4)15(2,3)19-17(20-16)14-8-10-18(5)11-9-14/h8,12-13H,6-7,9-11H2,1-5H3. The van der Waals surface area contributed by atoms with E-state index in [4.69, 9.17) is 9.31 Å². The third-order valence-corrected chi connectivity index (χ3v) is 5.90. The normalized spacial score (nSPS) is 36.0. The van der Waals surface area contributed by atoms with E-state index in [0.29, 0.717) is 5.92 Å². The minimum atomic E-state index is -0.218. The Balaban J connectivity index is 1.77. The van der Waals surface area contributed by atoms with Crippen molar-refractivity contribution in [2.45, 2.75) is 58.2 Å². The van der Waals surface area contributed by atoms with Gasteiger partial charge in [0, 0.05) is 13.1 Å². The highest BCUT2D eigenvalue weighted by Gasteiger charge is 2.59. The van der Waals surface area contributed by atoms with E-state index in [-0.39, 0.29) is 18.3 Å². The van der Waals surface area contributed by atoms with Crippen LogP contribution in [0.5, 0.6) is 0 Å². The van der Waals surface area contributed by atoms with Gasteiger partial charge in [-0.15, -0.1) is 0 Å². The maximum absolute atomic E-state index is 6.49. The van der Waals surface area contributed by atoms with Crippen molar-refractivity contribution in [1.82, 2.24) is 4.90 Å². The Hall–Kier alpha value is -0.315. The molecule has 4 heteroatoms. The van der Waals surface area contributed by atoms with Gasteiger partial charge in [-0.05, 0) is 64.4 Å². The van der Waals surface area contributed by atoms with Crippen LogP contribution in [0.2, 0.25) is 0 Å². The van der Waals surface area contributed by atoms with E-state index in [2.05, 4.69) is 45.7 Å². The van der Waals surface area contributed by atoms with Gasteiger partial charge in [0.2, 0.25) is 0 Å². The van der Waals surface area contributed by atoms with Crippen LogP contribution in [-0.2, 0) is 9.31 Å². The highest BCUT2D eigenvalue weighted by atomic mass is 16.7. The van der Waals surface area contributed by atoms with Crippen molar-refractivity contribution in [3.63, 3.8) is 0 Å². The molecule has 0 amide bonds. The van der Waals surface area contributed by atoms with Crippen LogP contribution in [0.3, 0.4) is 0 Å². The van der Waals surface area contributed by atoms with Gasteiger partial charge in [0.25, 0.3) is 0 Å². The van der Waals surface area contributed by atoms with Crippen LogP contribution < -0.4 is 0 Å². The second kappa shape index (κ2) is 4.86. The van der Waals surface area contributed by atoms with Crippen molar-refractivity contribution < 1.29 is 9.31 Å². The average Bonchev–Trinajstić information content (AvgIpc) is 3.18. The van der Waals surface area contributed by atoms with E-state index in [1.807, 2.05) is 0 Å². The van der Waals surface area contributed by atoms with Gasteiger partial charge in [0.15, 0.2) is 0 Å². The molecule has 1 aliphatic carbocycles. The molecule has 0 N–H and O–H groups in total. The molecule has 0 radical (unpaired) electrons. The van der Waals surface area contributed by atoms with Gasteiger partial charge in [0.1, 0.15) is 0 Å². The van der Waals surface area contributed by atoms with Gasteiger partial charge >= 0.3 is 7.12 Å². The molecule has 1 saturated heterocycles. The minimum Gasteiger partial charge on any atom is -0.400 e. The fourth-order valence-corrected chi connectivity index (χ4v) is 3.63. The molecule has 2 fully saturated rings. The molecule has 2 heterocycles. The van der Waals surface area contributed by atoms with E-state index in [0.717, 1.165) is 25.4 Å². The summed E-state index contributed by atoms with van der Waals surface area (Å²) in [5, 5.41) is 0. The fourth-order valence-electron chi connectivity index (χ4n) is 3.63. The van der Waals surface area contributed by atoms with Crippen LogP contribution in [0.4, 0.5) is 0 Å². The first kappa shape index (κ1) is 14.6. The van der Waals surface area contributed by atoms with Crippen molar-refractivity contribution in [3.05, 3.63) is 11.5 Å². The topological polar surface area (TPSA) is 21.7 Å². The number of nitrogens with zero attached hydrogens (tertiary/aromatic N) is 1. The van der Waals surface area contributed by atoms with Crippen LogP contribution in [0.1, 0.15) is 47.0 Å². The van der Waals surface area contributed by atoms with E-state index in [1.54, 1.807) is 0 Å². The van der Waals surface area contributed by atoms with Crippen molar-refractivity contribution in [1.29, 1.82) is 0 Å². The maximum Gasteiger partial charge on any atom is 0.490 e.